The maximum atomic E-state index is 12.2. The third-order valence-corrected chi connectivity index (χ3v) is 4.40. The van der Waals surface area contributed by atoms with E-state index >= 15 is 0 Å². The van der Waals surface area contributed by atoms with E-state index < -0.39 is 0 Å². The van der Waals surface area contributed by atoms with Crippen LogP contribution >= 0.6 is 11.8 Å². The summed E-state index contributed by atoms with van der Waals surface area (Å²) in [5.41, 5.74) is 1.35. The minimum absolute atomic E-state index is 0.123. The van der Waals surface area contributed by atoms with Gasteiger partial charge in [0.05, 0.1) is 5.52 Å². The van der Waals surface area contributed by atoms with Crippen molar-refractivity contribution in [1.29, 1.82) is 0 Å². The van der Waals surface area contributed by atoms with Gasteiger partial charge in [0.2, 0.25) is 0 Å². The highest BCUT2D eigenvalue weighted by atomic mass is 32.2. The van der Waals surface area contributed by atoms with Crippen LogP contribution < -0.4 is 5.32 Å². The molecule has 0 saturated carbocycles. The number of nitrogens with zero attached hydrogens (tertiary/aromatic N) is 1. The van der Waals surface area contributed by atoms with Crippen LogP contribution in [0.2, 0.25) is 0 Å². The van der Waals surface area contributed by atoms with Crippen molar-refractivity contribution >= 4 is 28.6 Å². The molecule has 0 spiro atoms. The van der Waals surface area contributed by atoms with E-state index in [1.165, 1.54) is 4.90 Å². The van der Waals surface area contributed by atoms with Gasteiger partial charge in [0.1, 0.15) is 0 Å². The maximum Gasteiger partial charge on any atom is 0.272 e. The first-order chi connectivity index (χ1) is 10.8. The van der Waals surface area contributed by atoms with Gasteiger partial charge in [-0.3, -0.25) is 9.89 Å². The highest BCUT2D eigenvalue weighted by Gasteiger charge is 2.12. The second kappa shape index (κ2) is 7.13. The number of rotatable bonds is 6. The first-order valence-electron chi connectivity index (χ1n) is 7.24. The van der Waals surface area contributed by atoms with Crippen LogP contribution in [0.4, 0.5) is 0 Å². The van der Waals surface area contributed by atoms with Gasteiger partial charge in [-0.25, -0.2) is 0 Å². The average molecular weight is 311 g/mol. The predicted octanol–water partition coefficient (Wildman–Crippen LogP) is 3.48. The molecule has 0 radical (unpaired) electrons. The number of aromatic amines is 1. The van der Waals surface area contributed by atoms with Crippen molar-refractivity contribution < 1.29 is 4.79 Å². The molecule has 3 rings (SSSR count). The van der Waals surface area contributed by atoms with Gasteiger partial charge >= 0.3 is 0 Å². The number of amides is 1. The van der Waals surface area contributed by atoms with E-state index in [-0.39, 0.29) is 5.91 Å². The van der Waals surface area contributed by atoms with E-state index in [9.17, 15) is 4.79 Å². The second-order valence-corrected chi connectivity index (χ2v) is 6.06. The third-order valence-electron chi connectivity index (χ3n) is 3.30. The fraction of sp³-hybridized carbons (Fsp3) is 0.176. The number of para-hydroxylation sites is 1. The predicted molar refractivity (Wildman–Crippen MR) is 90.2 cm³/mol. The van der Waals surface area contributed by atoms with Crippen LogP contribution in [0.3, 0.4) is 0 Å². The van der Waals surface area contributed by atoms with Crippen LogP contribution in [0.15, 0.2) is 59.5 Å². The largest absolute Gasteiger partial charge is 0.351 e. The summed E-state index contributed by atoms with van der Waals surface area (Å²) in [6.45, 7) is 0.653. The number of benzene rings is 2. The highest BCUT2D eigenvalue weighted by molar-refractivity contribution is 7.99. The number of hydrogen-bond donors (Lipinski definition) is 2. The smallest absolute Gasteiger partial charge is 0.272 e. The Balaban J connectivity index is 1.47. The summed E-state index contributed by atoms with van der Waals surface area (Å²) in [7, 11) is 0. The number of nitrogens with one attached hydrogen (secondary N) is 2. The van der Waals surface area contributed by atoms with Gasteiger partial charge in [-0.2, -0.15) is 5.10 Å². The first-order valence-corrected chi connectivity index (χ1v) is 8.22. The SMILES string of the molecule is O=C(NCCCSc1ccccc1)c1n[nH]c2ccccc12. The van der Waals surface area contributed by atoms with Gasteiger partial charge in [0.25, 0.3) is 5.91 Å². The zero-order valence-corrected chi connectivity index (χ0v) is 12.9. The summed E-state index contributed by atoms with van der Waals surface area (Å²) in [6.07, 6.45) is 0.924. The lowest BCUT2D eigenvalue weighted by Crippen LogP contribution is -2.25. The van der Waals surface area contributed by atoms with Gasteiger partial charge in [-0.1, -0.05) is 36.4 Å². The van der Waals surface area contributed by atoms with Crippen molar-refractivity contribution in [1.82, 2.24) is 15.5 Å². The zero-order chi connectivity index (χ0) is 15.2. The van der Waals surface area contributed by atoms with E-state index in [1.54, 1.807) is 11.8 Å². The fourth-order valence-electron chi connectivity index (χ4n) is 2.20. The molecule has 112 valence electrons. The monoisotopic (exact) mass is 311 g/mol. The molecule has 0 unspecified atom stereocenters. The molecule has 0 aliphatic carbocycles. The van der Waals surface area contributed by atoms with E-state index in [4.69, 9.17) is 0 Å². The lowest BCUT2D eigenvalue weighted by atomic mass is 10.2. The van der Waals surface area contributed by atoms with Crippen LogP contribution in [0, 0.1) is 0 Å². The molecule has 1 heterocycles. The van der Waals surface area contributed by atoms with Gasteiger partial charge in [-0.05, 0) is 30.4 Å². The second-order valence-electron chi connectivity index (χ2n) is 4.89. The van der Waals surface area contributed by atoms with Crippen molar-refractivity contribution in [2.75, 3.05) is 12.3 Å². The van der Waals surface area contributed by atoms with Crippen molar-refractivity contribution in [2.24, 2.45) is 0 Å². The number of thioether (sulfide) groups is 1. The molecular weight excluding hydrogens is 294 g/mol. The van der Waals surface area contributed by atoms with E-state index in [0.29, 0.717) is 12.2 Å². The Bertz CT molecular complexity index is 755. The van der Waals surface area contributed by atoms with E-state index in [1.807, 2.05) is 42.5 Å². The third kappa shape index (κ3) is 3.49. The average Bonchev–Trinajstić information content (AvgIpc) is 2.99. The molecule has 22 heavy (non-hydrogen) atoms. The standard InChI is InChI=1S/C17H17N3OS/c21-17(16-14-9-4-5-10-15(14)19-20-16)18-11-6-12-22-13-7-2-1-3-8-13/h1-5,7-10H,6,11-12H2,(H,18,21)(H,19,20). The van der Waals surface area contributed by atoms with Crippen molar-refractivity contribution in [3.05, 3.63) is 60.3 Å². The maximum absolute atomic E-state index is 12.2. The van der Waals surface area contributed by atoms with Crippen LogP contribution in [-0.2, 0) is 0 Å². The Labute approximate surface area is 133 Å². The van der Waals surface area contributed by atoms with Gasteiger partial charge in [0, 0.05) is 16.8 Å². The fourth-order valence-corrected chi connectivity index (χ4v) is 3.08. The van der Waals surface area contributed by atoms with Crippen LogP contribution in [-0.4, -0.2) is 28.4 Å². The molecule has 0 aliphatic rings. The van der Waals surface area contributed by atoms with Gasteiger partial charge in [0.15, 0.2) is 5.69 Å². The molecule has 1 amide bonds. The lowest BCUT2D eigenvalue weighted by Gasteiger charge is -2.04. The van der Waals surface area contributed by atoms with Crippen LogP contribution in [0.1, 0.15) is 16.9 Å². The molecular formula is C17H17N3OS. The lowest BCUT2D eigenvalue weighted by molar-refractivity contribution is 0.0950. The number of H-pyrrole nitrogens is 1. The number of fused-ring (bicyclic) bond motifs is 1. The molecule has 2 aromatic carbocycles. The summed E-state index contributed by atoms with van der Waals surface area (Å²) in [4.78, 5) is 13.4. The molecule has 0 aliphatic heterocycles. The number of hydrogen-bond acceptors (Lipinski definition) is 3. The van der Waals surface area contributed by atoms with Gasteiger partial charge < -0.3 is 5.32 Å². The summed E-state index contributed by atoms with van der Waals surface area (Å²) in [5.74, 6) is 0.855. The topological polar surface area (TPSA) is 57.8 Å². The molecule has 3 aromatic rings. The molecule has 4 nitrogen and oxygen atoms in total. The molecule has 0 bridgehead atoms. The Kier molecular flexibility index (Phi) is 4.75. The molecule has 0 atom stereocenters. The summed E-state index contributed by atoms with van der Waals surface area (Å²) >= 11 is 1.80. The molecule has 2 N–H and O–H groups in total. The zero-order valence-electron chi connectivity index (χ0n) is 12.1. The van der Waals surface area contributed by atoms with Crippen molar-refractivity contribution in [2.45, 2.75) is 11.3 Å². The Morgan fingerprint density at radius 2 is 1.86 bits per heavy atom. The Hall–Kier alpha value is -2.27. The van der Waals surface area contributed by atoms with Gasteiger partial charge in [-0.15, -0.1) is 11.8 Å². The minimum atomic E-state index is -0.123. The normalized spacial score (nSPS) is 10.7. The molecule has 1 aromatic heterocycles. The van der Waals surface area contributed by atoms with E-state index in [2.05, 4.69) is 27.6 Å². The summed E-state index contributed by atoms with van der Waals surface area (Å²) in [5, 5.41) is 10.8. The summed E-state index contributed by atoms with van der Waals surface area (Å²) in [6, 6.07) is 17.9. The van der Waals surface area contributed by atoms with Crippen molar-refractivity contribution in [3.8, 4) is 0 Å². The minimum Gasteiger partial charge on any atom is -0.351 e. The molecule has 5 heteroatoms. The van der Waals surface area contributed by atoms with E-state index in [0.717, 1.165) is 23.1 Å². The number of carbonyl (C=O) groups excluding carboxylic acids is 1. The Morgan fingerprint density at radius 1 is 1.09 bits per heavy atom. The van der Waals surface area contributed by atoms with Crippen LogP contribution in [0.25, 0.3) is 10.9 Å². The highest BCUT2D eigenvalue weighted by Crippen LogP contribution is 2.17. The molecule has 0 fully saturated rings. The van der Waals surface area contributed by atoms with Crippen LogP contribution in [0.5, 0.6) is 0 Å². The summed E-state index contributed by atoms with van der Waals surface area (Å²) < 4.78 is 0. The number of carbonyl (C=O) groups is 1. The number of aromatic nitrogens is 2. The van der Waals surface area contributed by atoms with Crippen molar-refractivity contribution in [3.63, 3.8) is 0 Å². The quantitative estimate of drug-likeness (QED) is 0.541. The first kappa shape index (κ1) is 14.7. The molecule has 0 saturated heterocycles. The Morgan fingerprint density at radius 3 is 2.73 bits per heavy atom.